The van der Waals surface area contributed by atoms with Crippen LogP contribution >= 0.6 is 94.1 Å². The lowest BCUT2D eigenvalue weighted by Crippen LogP contribution is -2.50. The molecule has 0 aliphatic carbocycles. The van der Waals surface area contributed by atoms with Gasteiger partial charge in [-0.05, 0) is 195 Å². The average Bonchev–Trinajstić information content (AvgIpc) is 0.878. The summed E-state index contributed by atoms with van der Waals surface area (Å²) >= 11 is 10.7. The van der Waals surface area contributed by atoms with E-state index in [4.69, 9.17) is 25.7 Å². The van der Waals surface area contributed by atoms with Crippen molar-refractivity contribution in [2.75, 3.05) is 258 Å². The van der Waals surface area contributed by atoms with Crippen LogP contribution in [-0.4, -0.2) is 335 Å². The molecule has 0 amide bonds. The smallest absolute Gasteiger partial charge is 0.262 e. The Balaban J connectivity index is -0.000000200. The minimum Gasteiger partial charge on any atom is -0.330 e. The minimum absolute atomic E-state index is 0.133. The van der Waals surface area contributed by atoms with Gasteiger partial charge in [-0.25, -0.2) is 0 Å². The van der Waals surface area contributed by atoms with Crippen LogP contribution < -0.4 is 0 Å². The van der Waals surface area contributed by atoms with Gasteiger partial charge in [0, 0.05) is 0 Å². The van der Waals surface area contributed by atoms with E-state index in [1.54, 1.807) is 38.2 Å². The molecule has 0 fully saturated rings. The van der Waals surface area contributed by atoms with E-state index in [1.807, 2.05) is 13.8 Å². The standard InChI is InChI=1S/C15H30NOS.C14H28NOS.C14H26NOS.C13H24NOS.C12H24NOS.C11H20NOS.C9H18NOS.C8H14NOS/c1-6-9-11-16(8-3,10-7-2)12-13-18-15(17)14(4)5;1-6-9-15(8-3,10-7-2)11-12-17-14(16)13(4)5;1-5-9-11-15(8-4,10-6-2)12-13-17-14(16)7-3;1-5-9-14(8-4,10-6-2)11-12-16-13(15)7-3;1-5-9-12(14)15-11-10-13(6-2,7-3)8-4;1-5-11(13)14-10-9-12(6-2,7-3)8-4;1-5-6-9(11)12-8-7-10(2,3)4;1-5-8(10)11-7-6-9(2,3)4/h4,6-13H2,1-3,5H3;4,6-12H2,1-3,5H3;3H,5-6,8-13H2,1-2,4H3;3H,5-6,8-12H2,1-2,4H3;5,9H,6-8,10-11H2,1-4H3;1H,6-10H2,2-4H3;5-6H,7-8H2,1-4H3;1H,6-7H2,2-4H3/q8*+1/b;;;;9-5+;;6-5+;. The van der Waals surface area contributed by atoms with Crippen molar-refractivity contribution in [1.29, 1.82) is 0 Å². The first-order chi connectivity index (χ1) is 56.5. The molecule has 0 saturated heterocycles. The van der Waals surface area contributed by atoms with Crippen molar-refractivity contribution < 1.29 is 74.2 Å². The lowest BCUT2D eigenvalue weighted by atomic mass is 10.2. The normalized spacial score (nSPS) is 12.3. The van der Waals surface area contributed by atoms with Gasteiger partial charge in [-0.1, -0.05) is 188 Å². The summed E-state index contributed by atoms with van der Waals surface area (Å²) in [6.07, 6.45) is 39.1. The summed E-state index contributed by atoms with van der Waals surface area (Å²) in [5.74, 6) is 15.5. The molecular formula is C96H184N8O8S8+8. The Morgan fingerprint density at radius 1 is 0.267 bits per heavy atom. The second kappa shape index (κ2) is 84.2. The van der Waals surface area contributed by atoms with E-state index in [1.165, 1.54) is 228 Å². The first-order valence-electron chi connectivity index (χ1n) is 45.0. The maximum absolute atomic E-state index is 11.5. The highest BCUT2D eigenvalue weighted by molar-refractivity contribution is 8.16. The second-order valence-electron chi connectivity index (χ2n) is 32.4. The fourth-order valence-corrected chi connectivity index (χ4v) is 19.9. The molecular weight excluding hydrogens is 1650 g/mol. The third kappa shape index (κ3) is 77.4. The molecule has 0 aromatic carbocycles. The molecule has 0 aromatic heterocycles. The first kappa shape index (κ1) is 133. The van der Waals surface area contributed by atoms with Crippen molar-refractivity contribution >= 4 is 135 Å². The summed E-state index contributed by atoms with van der Waals surface area (Å²) in [4.78, 5) is 88.9. The summed E-state index contributed by atoms with van der Waals surface area (Å²) in [6, 6.07) is 0. The zero-order valence-electron chi connectivity index (χ0n) is 82.3. The SMILES string of the molecule is C#CC(=O)SCC[N+](C)(C)C.C#CC(=O)SCC[N+](CC)(CC)CC.C#CC(=O)SCC[N+](CC)(CCC)CCC.C#CC(=O)SCC[N+](CC)(CCC)CCCC.C/C=C/C(=O)SCC[N+](C)(C)C.C/C=C/C(=O)SCC[N+](CC)(CC)CC.C=C(C)C(=O)SCC[N+](CC)(CCC)CCC.C=C(C)C(=O)SCC[N+](CC)(CCC)CCCC. The number of hydrogen-bond acceptors (Lipinski definition) is 16. The summed E-state index contributed by atoms with van der Waals surface area (Å²) in [5.41, 5.74) is 1.33. The maximum Gasteiger partial charge on any atom is 0.262 e. The lowest BCUT2D eigenvalue weighted by molar-refractivity contribution is -0.924. The molecule has 2 atom stereocenters. The van der Waals surface area contributed by atoms with Crippen molar-refractivity contribution in [3.05, 3.63) is 48.6 Å². The van der Waals surface area contributed by atoms with E-state index in [-0.39, 0.29) is 40.9 Å². The molecule has 16 nitrogen and oxygen atoms in total. The van der Waals surface area contributed by atoms with Gasteiger partial charge < -0.3 is 35.9 Å². The van der Waals surface area contributed by atoms with Crippen molar-refractivity contribution in [1.82, 2.24) is 0 Å². The van der Waals surface area contributed by atoms with Crippen LogP contribution in [0.3, 0.4) is 0 Å². The number of carbonyl (C=O) groups is 8. The summed E-state index contributed by atoms with van der Waals surface area (Å²) in [7, 11) is 12.6. The fraction of sp³-hybridized carbons (Fsp3) is 0.750. The van der Waals surface area contributed by atoms with E-state index in [9.17, 15) is 38.4 Å². The van der Waals surface area contributed by atoms with Gasteiger partial charge in [-0.3, -0.25) is 38.4 Å². The molecule has 0 spiro atoms. The topological polar surface area (TPSA) is 137 Å². The van der Waals surface area contributed by atoms with E-state index in [2.05, 4.69) is 204 Å². The molecule has 0 radical (unpaired) electrons. The van der Waals surface area contributed by atoms with Crippen LogP contribution in [-0.2, 0) is 38.4 Å². The monoisotopic (exact) mass is 1830 g/mol. The Morgan fingerprint density at radius 3 is 0.625 bits per heavy atom. The van der Waals surface area contributed by atoms with Crippen LogP contribution in [0.5, 0.6) is 0 Å². The summed E-state index contributed by atoms with van der Waals surface area (Å²) < 4.78 is 8.55. The van der Waals surface area contributed by atoms with Gasteiger partial charge in [0.05, 0.1) is 258 Å². The molecule has 120 heavy (non-hydrogen) atoms. The number of allylic oxidation sites excluding steroid dienone is 2. The van der Waals surface area contributed by atoms with Crippen molar-refractivity contribution in [2.24, 2.45) is 0 Å². The van der Waals surface area contributed by atoms with Gasteiger partial charge in [-0.2, -0.15) is 0 Å². The molecule has 0 N–H and O–H groups in total. The van der Waals surface area contributed by atoms with Gasteiger partial charge in [0.15, 0.2) is 0 Å². The second-order valence-corrected chi connectivity index (χ2v) is 41.0. The molecule has 24 heteroatoms. The molecule has 0 rings (SSSR count). The highest BCUT2D eigenvalue weighted by atomic mass is 32.2. The van der Waals surface area contributed by atoms with E-state index < -0.39 is 0 Å². The van der Waals surface area contributed by atoms with Crippen molar-refractivity contribution in [3.8, 4) is 49.4 Å². The Labute approximate surface area is 776 Å². The van der Waals surface area contributed by atoms with Crippen molar-refractivity contribution in [3.63, 3.8) is 0 Å². The Kier molecular flexibility index (Phi) is 93.0. The third-order valence-electron chi connectivity index (χ3n) is 21.4. The molecule has 0 heterocycles. The largest absolute Gasteiger partial charge is 0.330 e. The predicted octanol–water partition coefficient (Wildman–Crippen LogP) is 19.4. The predicted molar refractivity (Wildman–Crippen MR) is 547 cm³/mol. The maximum atomic E-state index is 11.5. The molecule has 0 aromatic rings. The van der Waals surface area contributed by atoms with Crippen LogP contribution in [0, 0.1) is 49.4 Å². The van der Waals surface area contributed by atoms with Crippen LogP contribution in [0.1, 0.15) is 217 Å². The Hall–Kier alpha value is -2.96. The minimum atomic E-state index is -0.168. The number of hydrogen-bond donors (Lipinski definition) is 0. The number of quaternary nitrogens is 8. The first-order valence-corrected chi connectivity index (χ1v) is 52.9. The number of nitrogens with zero attached hydrogens (tertiary/aromatic N) is 8. The number of thioether (sulfide) groups is 8. The zero-order valence-corrected chi connectivity index (χ0v) is 88.8. The lowest BCUT2D eigenvalue weighted by Gasteiger charge is -2.37. The van der Waals surface area contributed by atoms with Crippen LogP contribution in [0.15, 0.2) is 48.6 Å². The van der Waals surface area contributed by atoms with Crippen LogP contribution in [0.4, 0.5) is 0 Å². The van der Waals surface area contributed by atoms with Gasteiger partial charge in [-0.15, -0.1) is 25.7 Å². The van der Waals surface area contributed by atoms with Crippen LogP contribution in [0.25, 0.3) is 0 Å². The molecule has 0 bridgehead atoms. The van der Waals surface area contributed by atoms with E-state index >= 15 is 0 Å². The fourth-order valence-electron chi connectivity index (χ4n) is 13.0. The number of unbranched alkanes of at least 4 members (excludes halogenated alkanes) is 2. The van der Waals surface area contributed by atoms with E-state index in [0.717, 1.165) is 182 Å². The number of terminal acetylenes is 4. The average molecular weight is 1840 g/mol. The zero-order chi connectivity index (χ0) is 94.2. The van der Waals surface area contributed by atoms with Gasteiger partial charge >= 0.3 is 0 Å². The Morgan fingerprint density at radius 2 is 0.450 bits per heavy atom. The van der Waals surface area contributed by atoms with Gasteiger partial charge in [0.1, 0.15) is 0 Å². The summed E-state index contributed by atoms with van der Waals surface area (Å²) in [6.45, 7) is 84.6. The highest BCUT2D eigenvalue weighted by Crippen LogP contribution is 2.21. The van der Waals surface area contributed by atoms with Gasteiger partial charge in [0.25, 0.3) is 20.5 Å². The molecule has 0 saturated carbocycles. The molecule has 0 aliphatic rings. The highest BCUT2D eigenvalue weighted by Gasteiger charge is 2.28. The quantitative estimate of drug-likeness (QED) is 0.0324. The third-order valence-corrected chi connectivity index (χ3v) is 28.1. The number of rotatable bonds is 56. The number of carbonyl (C=O) groups excluding carboxylic acids is 8. The van der Waals surface area contributed by atoms with Gasteiger partial charge in [0.2, 0.25) is 20.5 Å². The van der Waals surface area contributed by atoms with Crippen LogP contribution in [0.2, 0.25) is 0 Å². The summed E-state index contributed by atoms with van der Waals surface area (Å²) in [5, 5.41) is 0.0477. The Bertz CT molecular complexity index is 2920. The van der Waals surface area contributed by atoms with Crippen molar-refractivity contribution in [2.45, 2.75) is 217 Å². The molecule has 0 aliphatic heterocycles. The molecule has 2 unspecified atom stereocenters. The van der Waals surface area contributed by atoms with E-state index in [0.29, 0.717) is 11.1 Å². The molecule has 696 valence electrons.